The molecule has 0 bridgehead atoms. The topological polar surface area (TPSA) is 35.0 Å². The molecule has 0 saturated carbocycles. The molecule has 2 heterocycles. The molecule has 0 spiro atoms. The predicted octanol–water partition coefficient (Wildman–Crippen LogP) is 2.63. The molecule has 2 aromatic heterocycles. The van der Waals surface area contributed by atoms with Crippen molar-refractivity contribution in [3.8, 4) is 0 Å². The summed E-state index contributed by atoms with van der Waals surface area (Å²) < 4.78 is 5.60. The van der Waals surface area contributed by atoms with Crippen molar-refractivity contribution >= 4 is 0 Å². The minimum Gasteiger partial charge on any atom is -0.377 e. The fraction of sp³-hybridized carbons (Fsp3) is 0.286. The molecule has 0 aliphatic carbocycles. The van der Waals surface area contributed by atoms with Crippen LogP contribution in [0.2, 0.25) is 0 Å². The first-order valence-electron chi connectivity index (χ1n) is 5.81. The van der Waals surface area contributed by atoms with E-state index in [0.717, 1.165) is 19.4 Å². The Labute approximate surface area is 102 Å². The quantitative estimate of drug-likeness (QED) is 0.713. The van der Waals surface area contributed by atoms with Gasteiger partial charge in [0.25, 0.3) is 0 Å². The van der Waals surface area contributed by atoms with Crippen molar-refractivity contribution in [3.05, 3.63) is 60.2 Å². The highest BCUT2D eigenvalue weighted by Crippen LogP contribution is 2.03. The molecule has 88 valence electrons. The number of pyridine rings is 2. The minimum atomic E-state index is 0.666. The summed E-state index contributed by atoms with van der Waals surface area (Å²) in [5.74, 6) is 0. The minimum absolute atomic E-state index is 0.666. The highest BCUT2D eigenvalue weighted by Gasteiger charge is 1.94. The van der Waals surface area contributed by atoms with Gasteiger partial charge in [0.1, 0.15) is 0 Å². The van der Waals surface area contributed by atoms with Crippen LogP contribution in [0.25, 0.3) is 0 Å². The lowest BCUT2D eigenvalue weighted by Gasteiger charge is -2.04. The van der Waals surface area contributed by atoms with E-state index in [9.17, 15) is 0 Å². The maximum Gasteiger partial charge on any atom is 0.0717 e. The first-order valence-corrected chi connectivity index (χ1v) is 5.81. The maximum atomic E-state index is 5.60. The molecule has 3 heteroatoms. The average molecular weight is 228 g/mol. The molecule has 17 heavy (non-hydrogen) atoms. The van der Waals surface area contributed by atoms with E-state index in [4.69, 9.17) is 4.74 Å². The van der Waals surface area contributed by atoms with Gasteiger partial charge in [0, 0.05) is 31.4 Å². The molecular formula is C14H16N2O. The molecule has 2 rings (SSSR count). The maximum absolute atomic E-state index is 5.60. The van der Waals surface area contributed by atoms with E-state index < -0.39 is 0 Å². The third-order valence-corrected chi connectivity index (χ3v) is 2.52. The molecule has 0 atom stereocenters. The zero-order chi connectivity index (χ0) is 11.8. The zero-order valence-corrected chi connectivity index (χ0v) is 9.75. The Kier molecular flexibility index (Phi) is 4.67. The van der Waals surface area contributed by atoms with Gasteiger partial charge in [0.2, 0.25) is 0 Å². The Morgan fingerprint density at radius 2 is 1.41 bits per heavy atom. The Morgan fingerprint density at radius 3 is 2.06 bits per heavy atom. The van der Waals surface area contributed by atoms with E-state index >= 15 is 0 Å². The highest BCUT2D eigenvalue weighted by atomic mass is 16.5. The summed E-state index contributed by atoms with van der Waals surface area (Å²) >= 11 is 0. The van der Waals surface area contributed by atoms with Gasteiger partial charge in [0.05, 0.1) is 6.61 Å². The van der Waals surface area contributed by atoms with E-state index in [1.54, 1.807) is 12.4 Å². The summed E-state index contributed by atoms with van der Waals surface area (Å²) in [6, 6.07) is 8.04. The molecule has 0 fully saturated rings. The third-order valence-electron chi connectivity index (χ3n) is 2.52. The molecule has 0 aliphatic heterocycles. The van der Waals surface area contributed by atoms with Gasteiger partial charge in [-0.25, -0.2) is 0 Å². The SMILES string of the molecule is c1cc(CCCOCc2ccncc2)ccn1. The van der Waals surface area contributed by atoms with Crippen molar-refractivity contribution in [1.82, 2.24) is 9.97 Å². The van der Waals surface area contributed by atoms with Crippen molar-refractivity contribution in [3.63, 3.8) is 0 Å². The van der Waals surface area contributed by atoms with Crippen molar-refractivity contribution in [2.45, 2.75) is 19.4 Å². The van der Waals surface area contributed by atoms with Crippen molar-refractivity contribution in [2.75, 3.05) is 6.61 Å². The van der Waals surface area contributed by atoms with Crippen LogP contribution in [-0.4, -0.2) is 16.6 Å². The molecule has 0 saturated heterocycles. The smallest absolute Gasteiger partial charge is 0.0717 e. The fourth-order valence-corrected chi connectivity index (χ4v) is 1.60. The number of nitrogens with zero attached hydrogens (tertiary/aromatic N) is 2. The highest BCUT2D eigenvalue weighted by molar-refractivity contribution is 5.09. The first-order chi connectivity index (χ1) is 8.45. The van der Waals surface area contributed by atoms with Gasteiger partial charge >= 0.3 is 0 Å². The second kappa shape index (κ2) is 6.76. The molecule has 2 aromatic rings. The molecule has 0 aromatic carbocycles. The second-order valence-electron chi connectivity index (χ2n) is 3.87. The van der Waals surface area contributed by atoms with E-state index in [0.29, 0.717) is 6.61 Å². The summed E-state index contributed by atoms with van der Waals surface area (Å²) in [6.45, 7) is 1.45. The van der Waals surface area contributed by atoms with Crippen LogP contribution in [0, 0.1) is 0 Å². The lowest BCUT2D eigenvalue weighted by Crippen LogP contribution is -1.97. The van der Waals surface area contributed by atoms with Gasteiger partial charge in [-0.15, -0.1) is 0 Å². The number of rotatable bonds is 6. The monoisotopic (exact) mass is 228 g/mol. The molecule has 0 unspecified atom stereocenters. The van der Waals surface area contributed by atoms with E-state index in [-0.39, 0.29) is 0 Å². The number of hydrogen-bond acceptors (Lipinski definition) is 3. The Hall–Kier alpha value is -1.74. The van der Waals surface area contributed by atoms with Crippen LogP contribution in [0.4, 0.5) is 0 Å². The lowest BCUT2D eigenvalue weighted by atomic mass is 10.1. The fourth-order valence-electron chi connectivity index (χ4n) is 1.60. The van der Waals surface area contributed by atoms with Crippen LogP contribution in [0.3, 0.4) is 0 Å². The normalized spacial score (nSPS) is 10.4. The third kappa shape index (κ3) is 4.33. The molecule has 0 radical (unpaired) electrons. The van der Waals surface area contributed by atoms with Crippen LogP contribution < -0.4 is 0 Å². The zero-order valence-electron chi connectivity index (χ0n) is 9.75. The van der Waals surface area contributed by atoms with Crippen molar-refractivity contribution in [2.24, 2.45) is 0 Å². The van der Waals surface area contributed by atoms with Crippen LogP contribution in [0.1, 0.15) is 17.5 Å². The van der Waals surface area contributed by atoms with Gasteiger partial charge in [-0.2, -0.15) is 0 Å². The largest absolute Gasteiger partial charge is 0.377 e. The van der Waals surface area contributed by atoms with E-state index in [1.165, 1.54) is 11.1 Å². The van der Waals surface area contributed by atoms with Gasteiger partial charge in [-0.3, -0.25) is 9.97 Å². The number of aryl methyl sites for hydroxylation is 1. The summed E-state index contributed by atoms with van der Waals surface area (Å²) in [5.41, 5.74) is 2.48. The summed E-state index contributed by atoms with van der Waals surface area (Å²) in [6.07, 6.45) is 9.31. The Morgan fingerprint density at radius 1 is 0.824 bits per heavy atom. The Balaban J connectivity index is 1.61. The van der Waals surface area contributed by atoms with Crippen LogP contribution >= 0.6 is 0 Å². The van der Waals surface area contributed by atoms with E-state index in [2.05, 4.69) is 9.97 Å². The number of aromatic nitrogens is 2. The summed E-state index contributed by atoms with van der Waals surface area (Å²) in [5, 5.41) is 0. The van der Waals surface area contributed by atoms with Crippen molar-refractivity contribution < 1.29 is 4.74 Å². The predicted molar refractivity (Wildman–Crippen MR) is 66.5 cm³/mol. The molecular weight excluding hydrogens is 212 g/mol. The molecule has 0 aliphatic rings. The Bertz CT molecular complexity index is 375. The van der Waals surface area contributed by atoms with Crippen LogP contribution in [0.5, 0.6) is 0 Å². The summed E-state index contributed by atoms with van der Waals surface area (Å²) in [7, 11) is 0. The molecule has 0 amide bonds. The number of hydrogen-bond donors (Lipinski definition) is 0. The van der Waals surface area contributed by atoms with E-state index in [1.807, 2.05) is 36.7 Å². The second-order valence-corrected chi connectivity index (χ2v) is 3.87. The van der Waals surface area contributed by atoms with Gasteiger partial charge in [-0.05, 0) is 48.2 Å². The average Bonchev–Trinajstić information content (AvgIpc) is 2.41. The molecule has 0 N–H and O–H groups in total. The van der Waals surface area contributed by atoms with Gasteiger partial charge < -0.3 is 4.74 Å². The van der Waals surface area contributed by atoms with Crippen molar-refractivity contribution in [1.29, 1.82) is 0 Å². The standard InChI is InChI=1S/C14H16N2O/c1(2-13-3-7-15-8-4-13)11-17-12-14-5-9-16-10-6-14/h3-10H,1-2,11-12H2. The summed E-state index contributed by atoms with van der Waals surface area (Å²) in [4.78, 5) is 7.96. The lowest BCUT2D eigenvalue weighted by molar-refractivity contribution is 0.118. The van der Waals surface area contributed by atoms with Gasteiger partial charge in [-0.1, -0.05) is 0 Å². The van der Waals surface area contributed by atoms with Crippen LogP contribution in [-0.2, 0) is 17.8 Å². The molecule has 3 nitrogen and oxygen atoms in total. The first kappa shape index (κ1) is 11.7. The number of ether oxygens (including phenoxy) is 1. The van der Waals surface area contributed by atoms with Crippen LogP contribution in [0.15, 0.2) is 49.1 Å². The van der Waals surface area contributed by atoms with Gasteiger partial charge in [0.15, 0.2) is 0 Å².